The minimum Gasteiger partial charge on any atom is -0.378 e. The van der Waals surface area contributed by atoms with Crippen LogP contribution in [0.5, 0.6) is 0 Å². The molecule has 1 aromatic carbocycles. The van der Waals surface area contributed by atoms with Crippen LogP contribution in [0.3, 0.4) is 0 Å². The summed E-state index contributed by atoms with van der Waals surface area (Å²) in [6.07, 6.45) is 0. The van der Waals surface area contributed by atoms with E-state index in [4.69, 9.17) is 4.74 Å². The lowest BCUT2D eigenvalue weighted by molar-refractivity contribution is 0.134. The van der Waals surface area contributed by atoms with E-state index in [0.29, 0.717) is 6.61 Å². The van der Waals surface area contributed by atoms with Gasteiger partial charge in [-0.15, -0.1) is 0 Å². The predicted octanol–water partition coefficient (Wildman–Crippen LogP) is 2.29. The van der Waals surface area contributed by atoms with E-state index in [1.165, 1.54) is 11.3 Å². The van der Waals surface area contributed by atoms with Crippen molar-refractivity contribution in [3.05, 3.63) is 29.8 Å². The summed E-state index contributed by atoms with van der Waals surface area (Å²) in [4.78, 5) is 2.09. The van der Waals surface area contributed by atoms with Crippen LogP contribution >= 0.6 is 0 Å². The van der Waals surface area contributed by atoms with Crippen molar-refractivity contribution in [1.82, 2.24) is 0 Å². The van der Waals surface area contributed by atoms with Crippen molar-refractivity contribution in [2.24, 2.45) is 0 Å². The molecule has 0 aliphatic rings. The van der Waals surface area contributed by atoms with Crippen LogP contribution in [0.1, 0.15) is 12.5 Å². The van der Waals surface area contributed by atoms with Crippen LogP contribution in [-0.4, -0.2) is 20.7 Å². The molecule has 0 amide bonds. The van der Waals surface area contributed by atoms with Gasteiger partial charge in [0.2, 0.25) is 0 Å². The van der Waals surface area contributed by atoms with Crippen molar-refractivity contribution in [2.45, 2.75) is 13.5 Å². The number of benzene rings is 1. The number of nitrogens with zero attached hydrogens (tertiary/aromatic N) is 1. The zero-order valence-electron chi connectivity index (χ0n) is 8.58. The van der Waals surface area contributed by atoms with Crippen molar-refractivity contribution < 1.29 is 4.74 Å². The van der Waals surface area contributed by atoms with Crippen LogP contribution in [0.15, 0.2) is 24.3 Å². The van der Waals surface area contributed by atoms with Gasteiger partial charge in [-0.2, -0.15) is 0 Å². The number of hydrogen-bond donors (Lipinski definition) is 0. The van der Waals surface area contributed by atoms with Gasteiger partial charge in [-0.25, -0.2) is 0 Å². The predicted molar refractivity (Wildman–Crippen MR) is 56.1 cm³/mol. The molecule has 0 atom stereocenters. The fraction of sp³-hybridized carbons (Fsp3) is 0.455. The van der Waals surface area contributed by atoms with Gasteiger partial charge in [0.25, 0.3) is 0 Å². The smallest absolute Gasteiger partial charge is 0.0716 e. The third-order valence-electron chi connectivity index (χ3n) is 1.93. The molecule has 2 heteroatoms. The van der Waals surface area contributed by atoms with Crippen LogP contribution in [0.4, 0.5) is 5.69 Å². The molecule has 0 radical (unpaired) electrons. The topological polar surface area (TPSA) is 12.5 Å². The molecule has 1 aromatic rings. The zero-order valence-corrected chi connectivity index (χ0v) is 8.58. The SMILES string of the molecule is CCOCc1ccc(N(C)C)cc1. The average Bonchev–Trinajstić information content (AvgIpc) is 2.15. The van der Waals surface area contributed by atoms with Crippen LogP contribution in [0, 0.1) is 0 Å². The summed E-state index contributed by atoms with van der Waals surface area (Å²) in [5.74, 6) is 0. The molecular formula is C11H17NO. The van der Waals surface area contributed by atoms with Gasteiger partial charge in [0.15, 0.2) is 0 Å². The first-order chi connectivity index (χ1) is 6.24. The van der Waals surface area contributed by atoms with Crippen LogP contribution in [-0.2, 0) is 11.3 Å². The highest BCUT2D eigenvalue weighted by atomic mass is 16.5. The standard InChI is InChI=1S/C11H17NO/c1-4-13-9-10-5-7-11(8-6-10)12(2)3/h5-8H,4,9H2,1-3H3. The Morgan fingerprint density at radius 2 is 1.77 bits per heavy atom. The van der Waals surface area contributed by atoms with E-state index in [1.807, 2.05) is 21.0 Å². The maximum absolute atomic E-state index is 5.31. The van der Waals surface area contributed by atoms with Crippen molar-refractivity contribution >= 4 is 5.69 Å². The van der Waals surface area contributed by atoms with E-state index >= 15 is 0 Å². The van der Waals surface area contributed by atoms with E-state index in [-0.39, 0.29) is 0 Å². The van der Waals surface area contributed by atoms with Crippen LogP contribution in [0.25, 0.3) is 0 Å². The summed E-state index contributed by atoms with van der Waals surface area (Å²) in [7, 11) is 4.08. The number of anilines is 1. The van der Waals surface area contributed by atoms with Crippen molar-refractivity contribution in [2.75, 3.05) is 25.6 Å². The molecule has 13 heavy (non-hydrogen) atoms. The first-order valence-corrected chi connectivity index (χ1v) is 4.58. The molecule has 0 fully saturated rings. The molecule has 0 saturated carbocycles. The summed E-state index contributed by atoms with van der Waals surface area (Å²) >= 11 is 0. The average molecular weight is 179 g/mol. The Balaban J connectivity index is 2.59. The quantitative estimate of drug-likeness (QED) is 0.703. The third kappa shape index (κ3) is 3.07. The first-order valence-electron chi connectivity index (χ1n) is 4.58. The fourth-order valence-electron chi connectivity index (χ4n) is 1.11. The second kappa shape index (κ2) is 4.87. The Labute approximate surface area is 80.1 Å². The van der Waals surface area contributed by atoms with Gasteiger partial charge >= 0.3 is 0 Å². The van der Waals surface area contributed by atoms with Crippen molar-refractivity contribution in [3.63, 3.8) is 0 Å². The van der Waals surface area contributed by atoms with Gasteiger partial charge in [-0.1, -0.05) is 12.1 Å². The zero-order chi connectivity index (χ0) is 9.68. The molecule has 0 bridgehead atoms. The molecule has 0 N–H and O–H groups in total. The van der Waals surface area contributed by atoms with Gasteiger partial charge in [0, 0.05) is 26.4 Å². The van der Waals surface area contributed by atoms with Gasteiger partial charge in [-0.3, -0.25) is 0 Å². The van der Waals surface area contributed by atoms with Gasteiger partial charge < -0.3 is 9.64 Å². The van der Waals surface area contributed by atoms with Crippen molar-refractivity contribution in [1.29, 1.82) is 0 Å². The lowest BCUT2D eigenvalue weighted by Crippen LogP contribution is -2.08. The Morgan fingerprint density at radius 3 is 2.23 bits per heavy atom. The molecule has 0 heterocycles. The summed E-state index contributed by atoms with van der Waals surface area (Å²) in [5, 5.41) is 0. The lowest BCUT2D eigenvalue weighted by Gasteiger charge is -2.12. The second-order valence-electron chi connectivity index (χ2n) is 3.20. The molecule has 0 aliphatic carbocycles. The second-order valence-corrected chi connectivity index (χ2v) is 3.20. The Hall–Kier alpha value is -1.02. The highest BCUT2D eigenvalue weighted by Crippen LogP contribution is 2.12. The summed E-state index contributed by atoms with van der Waals surface area (Å²) in [5.41, 5.74) is 2.45. The van der Waals surface area contributed by atoms with Crippen molar-refractivity contribution in [3.8, 4) is 0 Å². The van der Waals surface area contributed by atoms with E-state index < -0.39 is 0 Å². The molecule has 0 aromatic heterocycles. The minimum absolute atomic E-state index is 0.713. The number of hydrogen-bond acceptors (Lipinski definition) is 2. The number of rotatable bonds is 4. The molecular weight excluding hydrogens is 162 g/mol. The van der Waals surface area contributed by atoms with Gasteiger partial charge in [0.05, 0.1) is 6.61 Å². The summed E-state index contributed by atoms with van der Waals surface area (Å²) in [6.45, 7) is 3.49. The Kier molecular flexibility index (Phi) is 3.77. The molecule has 0 aliphatic heterocycles. The first kappa shape index (κ1) is 10.1. The number of ether oxygens (including phenoxy) is 1. The fourth-order valence-corrected chi connectivity index (χ4v) is 1.11. The summed E-state index contributed by atoms with van der Waals surface area (Å²) in [6, 6.07) is 8.42. The van der Waals surface area contributed by atoms with E-state index in [1.54, 1.807) is 0 Å². The molecule has 2 nitrogen and oxygen atoms in total. The molecule has 1 rings (SSSR count). The molecule has 0 saturated heterocycles. The third-order valence-corrected chi connectivity index (χ3v) is 1.93. The molecule has 0 unspecified atom stereocenters. The molecule has 72 valence electrons. The minimum atomic E-state index is 0.713. The monoisotopic (exact) mass is 179 g/mol. The maximum atomic E-state index is 5.31. The Morgan fingerprint density at radius 1 is 1.15 bits per heavy atom. The van der Waals surface area contributed by atoms with E-state index in [0.717, 1.165) is 6.61 Å². The van der Waals surface area contributed by atoms with Crippen LogP contribution < -0.4 is 4.90 Å². The summed E-state index contributed by atoms with van der Waals surface area (Å²) < 4.78 is 5.31. The van der Waals surface area contributed by atoms with E-state index in [9.17, 15) is 0 Å². The largest absolute Gasteiger partial charge is 0.378 e. The van der Waals surface area contributed by atoms with E-state index in [2.05, 4.69) is 29.2 Å². The van der Waals surface area contributed by atoms with Gasteiger partial charge in [-0.05, 0) is 24.6 Å². The highest BCUT2D eigenvalue weighted by molar-refractivity contribution is 5.45. The highest BCUT2D eigenvalue weighted by Gasteiger charge is 1.95. The van der Waals surface area contributed by atoms with Crippen LogP contribution in [0.2, 0.25) is 0 Å². The maximum Gasteiger partial charge on any atom is 0.0716 e. The Bertz CT molecular complexity index is 241. The van der Waals surface area contributed by atoms with Gasteiger partial charge in [0.1, 0.15) is 0 Å². The molecule has 0 spiro atoms. The lowest BCUT2D eigenvalue weighted by atomic mass is 10.2. The normalized spacial score (nSPS) is 10.1.